The van der Waals surface area contributed by atoms with Gasteiger partial charge < -0.3 is 5.32 Å². The van der Waals surface area contributed by atoms with Gasteiger partial charge >= 0.3 is 0 Å². The molecule has 1 aliphatic carbocycles. The highest BCUT2D eigenvalue weighted by molar-refractivity contribution is 9.10. The molecule has 2 N–H and O–H groups in total. The van der Waals surface area contributed by atoms with E-state index in [1.807, 2.05) is 24.3 Å². The Bertz CT molecular complexity index is 769. The third kappa shape index (κ3) is 6.46. The number of carbonyl (C=O) groups is 2. The van der Waals surface area contributed by atoms with E-state index >= 15 is 0 Å². The number of aromatic nitrogens is 3. The lowest BCUT2D eigenvalue weighted by Crippen LogP contribution is -2.34. The van der Waals surface area contributed by atoms with Crippen molar-refractivity contribution in [2.24, 2.45) is 5.92 Å². The number of anilines is 1. The second-order valence-corrected chi connectivity index (χ2v) is 7.84. The van der Waals surface area contributed by atoms with Crippen molar-refractivity contribution < 1.29 is 9.59 Å². The van der Waals surface area contributed by atoms with Gasteiger partial charge in [-0.15, -0.1) is 5.10 Å². The maximum absolute atomic E-state index is 12.0. The van der Waals surface area contributed by atoms with E-state index in [9.17, 15) is 9.59 Å². The lowest BCUT2D eigenvalue weighted by molar-refractivity contribution is -0.125. The van der Waals surface area contributed by atoms with E-state index in [-0.39, 0.29) is 24.3 Å². The molecule has 144 valence electrons. The van der Waals surface area contributed by atoms with Gasteiger partial charge in [0.05, 0.1) is 13.1 Å². The van der Waals surface area contributed by atoms with Crippen LogP contribution in [-0.4, -0.2) is 33.1 Å². The fraction of sp³-hybridized carbons (Fsp3) is 0.474. The van der Waals surface area contributed by atoms with Gasteiger partial charge in [-0.25, -0.2) is 9.67 Å². The predicted molar refractivity (Wildman–Crippen MR) is 106 cm³/mol. The van der Waals surface area contributed by atoms with Crippen LogP contribution in [0.15, 0.2) is 35.1 Å². The van der Waals surface area contributed by atoms with Gasteiger partial charge in [-0.1, -0.05) is 47.3 Å². The quantitative estimate of drug-likeness (QED) is 0.701. The third-order valence-electron chi connectivity index (χ3n) is 4.69. The van der Waals surface area contributed by atoms with Crippen LogP contribution in [0.2, 0.25) is 0 Å². The molecule has 8 heteroatoms. The monoisotopic (exact) mass is 433 g/mol. The molecule has 0 atom stereocenters. The van der Waals surface area contributed by atoms with Gasteiger partial charge in [-0.2, -0.15) is 0 Å². The highest BCUT2D eigenvalue weighted by atomic mass is 79.9. The van der Waals surface area contributed by atoms with Crippen LogP contribution in [-0.2, 0) is 16.1 Å². The van der Waals surface area contributed by atoms with Crippen molar-refractivity contribution in [3.63, 3.8) is 0 Å². The van der Waals surface area contributed by atoms with Crippen LogP contribution in [0.5, 0.6) is 0 Å². The number of hydrogen-bond donors (Lipinski definition) is 2. The normalized spacial score (nSPS) is 14.7. The second kappa shape index (κ2) is 9.64. The van der Waals surface area contributed by atoms with Crippen molar-refractivity contribution in [2.75, 3.05) is 11.9 Å². The summed E-state index contributed by atoms with van der Waals surface area (Å²) in [4.78, 5) is 28.1. The topological polar surface area (TPSA) is 88.9 Å². The molecule has 0 radical (unpaired) electrons. The molecule has 27 heavy (non-hydrogen) atoms. The summed E-state index contributed by atoms with van der Waals surface area (Å²) >= 11 is 3.40. The fourth-order valence-corrected chi connectivity index (χ4v) is 3.54. The minimum Gasteiger partial charge on any atom is -0.347 e. The summed E-state index contributed by atoms with van der Waals surface area (Å²) in [5.74, 6) is 0.301. The average molecular weight is 434 g/mol. The average Bonchev–Trinajstić information content (AvgIpc) is 3.09. The van der Waals surface area contributed by atoms with Gasteiger partial charge in [0.1, 0.15) is 6.33 Å². The Morgan fingerprint density at radius 1 is 1.11 bits per heavy atom. The van der Waals surface area contributed by atoms with E-state index < -0.39 is 0 Å². The summed E-state index contributed by atoms with van der Waals surface area (Å²) in [6.07, 6.45) is 7.97. The summed E-state index contributed by atoms with van der Waals surface area (Å²) in [7, 11) is 0. The van der Waals surface area contributed by atoms with Crippen molar-refractivity contribution >= 4 is 33.7 Å². The maximum atomic E-state index is 12.0. The molecule has 1 heterocycles. The van der Waals surface area contributed by atoms with Gasteiger partial charge in [0.15, 0.2) is 0 Å². The molecule has 1 aromatic heterocycles. The minimum absolute atomic E-state index is 0.0627. The van der Waals surface area contributed by atoms with Crippen molar-refractivity contribution in [1.29, 1.82) is 0 Å². The highest BCUT2D eigenvalue weighted by Gasteiger charge is 2.17. The molecular formula is C19H24BrN5O2. The fourth-order valence-electron chi connectivity index (χ4n) is 3.28. The zero-order chi connectivity index (χ0) is 19.1. The van der Waals surface area contributed by atoms with Crippen LogP contribution in [0, 0.1) is 5.92 Å². The molecule has 0 bridgehead atoms. The smallest absolute Gasteiger partial charge is 0.248 e. The number of benzene rings is 1. The number of hydrogen-bond acceptors (Lipinski definition) is 4. The molecule has 2 aromatic rings. The number of carbonyl (C=O) groups excluding carboxylic acids is 2. The molecule has 1 fully saturated rings. The summed E-state index contributed by atoms with van der Waals surface area (Å²) in [5.41, 5.74) is 1.08. The number of halogens is 1. The van der Waals surface area contributed by atoms with E-state index in [0.717, 1.165) is 22.9 Å². The Labute approximate surface area is 167 Å². The van der Waals surface area contributed by atoms with E-state index in [4.69, 9.17) is 0 Å². The molecule has 7 nitrogen and oxygen atoms in total. The van der Waals surface area contributed by atoms with Gasteiger partial charge in [0, 0.05) is 10.9 Å². The standard InChI is InChI=1S/C19H24BrN5O2/c20-16-8-6-15(7-9-16)12-25-13-22-19(24-25)23-18(27)11-21-17(26)10-14-4-2-1-3-5-14/h6-9,13-14H,1-5,10-12H2,(H,21,26)(H,23,24,27). The summed E-state index contributed by atoms with van der Waals surface area (Å²) in [6.45, 7) is 0.501. The number of nitrogens with one attached hydrogen (secondary N) is 2. The van der Waals surface area contributed by atoms with Crippen molar-refractivity contribution in [3.8, 4) is 0 Å². The minimum atomic E-state index is -0.326. The zero-order valence-corrected chi connectivity index (χ0v) is 16.7. The molecule has 2 amide bonds. The largest absolute Gasteiger partial charge is 0.347 e. The molecule has 0 spiro atoms. The first-order valence-corrected chi connectivity index (χ1v) is 10.1. The highest BCUT2D eigenvalue weighted by Crippen LogP contribution is 2.25. The first kappa shape index (κ1) is 19.5. The lowest BCUT2D eigenvalue weighted by atomic mass is 9.87. The molecule has 0 unspecified atom stereocenters. The van der Waals surface area contributed by atoms with Crippen LogP contribution in [0.1, 0.15) is 44.1 Å². The zero-order valence-electron chi connectivity index (χ0n) is 15.2. The summed E-state index contributed by atoms with van der Waals surface area (Å²) in [5, 5.41) is 9.53. The Kier molecular flexibility index (Phi) is 6.98. The Hall–Kier alpha value is -2.22. The Morgan fingerprint density at radius 3 is 2.59 bits per heavy atom. The van der Waals surface area contributed by atoms with Crippen LogP contribution in [0.3, 0.4) is 0 Å². The molecular weight excluding hydrogens is 410 g/mol. The maximum Gasteiger partial charge on any atom is 0.248 e. The number of nitrogens with zero attached hydrogens (tertiary/aromatic N) is 3. The van der Waals surface area contributed by atoms with Crippen molar-refractivity contribution in [3.05, 3.63) is 40.6 Å². The van der Waals surface area contributed by atoms with E-state index in [0.29, 0.717) is 18.9 Å². The summed E-state index contributed by atoms with van der Waals surface area (Å²) in [6, 6.07) is 7.91. The van der Waals surface area contributed by atoms with Crippen molar-refractivity contribution in [1.82, 2.24) is 20.1 Å². The van der Waals surface area contributed by atoms with Crippen LogP contribution >= 0.6 is 15.9 Å². The van der Waals surface area contributed by atoms with Crippen molar-refractivity contribution in [2.45, 2.75) is 45.1 Å². The van der Waals surface area contributed by atoms with E-state index in [2.05, 4.69) is 36.6 Å². The third-order valence-corrected chi connectivity index (χ3v) is 5.22. The summed E-state index contributed by atoms with van der Waals surface area (Å²) < 4.78 is 2.67. The SMILES string of the molecule is O=C(CC1CCCCC1)NCC(=O)Nc1ncn(Cc2ccc(Br)cc2)n1. The molecule has 0 aliphatic heterocycles. The second-order valence-electron chi connectivity index (χ2n) is 6.93. The predicted octanol–water partition coefficient (Wildman–Crippen LogP) is 3.11. The van der Waals surface area contributed by atoms with E-state index in [1.54, 1.807) is 11.0 Å². The lowest BCUT2D eigenvalue weighted by Gasteiger charge is -2.20. The van der Waals surface area contributed by atoms with Gasteiger partial charge in [0.2, 0.25) is 17.8 Å². The first-order valence-electron chi connectivity index (χ1n) is 9.29. The molecule has 1 aliphatic rings. The number of rotatable bonds is 7. The van der Waals surface area contributed by atoms with Crippen LogP contribution < -0.4 is 10.6 Å². The molecule has 1 saturated carbocycles. The number of amides is 2. The Balaban J connectivity index is 1.40. The molecule has 3 rings (SSSR count). The first-order chi connectivity index (χ1) is 13.1. The van der Waals surface area contributed by atoms with Gasteiger partial charge in [-0.3, -0.25) is 14.9 Å². The van der Waals surface area contributed by atoms with Gasteiger partial charge in [0.25, 0.3) is 0 Å². The van der Waals surface area contributed by atoms with Crippen LogP contribution in [0.25, 0.3) is 0 Å². The Morgan fingerprint density at radius 2 is 1.85 bits per heavy atom. The van der Waals surface area contributed by atoms with E-state index in [1.165, 1.54) is 19.3 Å². The van der Waals surface area contributed by atoms with Crippen LogP contribution in [0.4, 0.5) is 5.95 Å². The van der Waals surface area contributed by atoms with Gasteiger partial charge in [-0.05, 0) is 36.5 Å². The molecule has 1 aromatic carbocycles. The molecule has 0 saturated heterocycles.